The van der Waals surface area contributed by atoms with E-state index in [1.807, 2.05) is 12.3 Å². The lowest BCUT2D eigenvalue weighted by Crippen LogP contribution is -2.50. The summed E-state index contributed by atoms with van der Waals surface area (Å²) in [5, 5.41) is 6.48. The van der Waals surface area contributed by atoms with Gasteiger partial charge in [0.15, 0.2) is 5.78 Å². The average molecular weight is 787 g/mol. The summed E-state index contributed by atoms with van der Waals surface area (Å²) in [6, 6.07) is 10.6. The largest absolute Gasteiger partial charge is 0.372 e. The SMILES string of the molecule is CC(=O)c1c(C)c2cnc(Nc3ccc(N4CCN(CCC5CCN(c6ccc7c(c6)CN(C6CCC(=O)NC6=O)C7)CC5)CC4)cn3)nc2n(C2CCCC2)c1=O. The maximum Gasteiger partial charge on any atom is 0.263 e. The lowest BCUT2D eigenvalue weighted by atomic mass is 9.92. The minimum Gasteiger partial charge on any atom is -0.372 e. The lowest BCUT2D eigenvalue weighted by molar-refractivity contribution is -0.137. The van der Waals surface area contributed by atoms with E-state index in [1.54, 1.807) is 17.7 Å². The summed E-state index contributed by atoms with van der Waals surface area (Å²) in [5.74, 6) is 1.19. The van der Waals surface area contributed by atoms with Crippen molar-refractivity contribution in [3.05, 3.63) is 75.3 Å². The Hall–Kier alpha value is -5.21. The van der Waals surface area contributed by atoms with Crippen LogP contribution in [0.15, 0.2) is 47.5 Å². The summed E-state index contributed by atoms with van der Waals surface area (Å²) in [5.41, 5.74) is 6.14. The van der Waals surface area contributed by atoms with Gasteiger partial charge in [0.25, 0.3) is 5.56 Å². The Balaban J connectivity index is 0.741. The second-order valence-electron chi connectivity index (χ2n) is 17.0. The number of nitrogens with zero attached hydrogens (tertiary/aromatic N) is 8. The first-order valence-electron chi connectivity index (χ1n) is 21.3. The maximum absolute atomic E-state index is 13.6. The number of carbonyl (C=O) groups excluding carboxylic acids is 3. The number of amides is 2. The van der Waals surface area contributed by atoms with Gasteiger partial charge < -0.3 is 15.1 Å². The standard InChI is InChI=1S/C44H54N10O4/c1-28-36-25-46-44(49-41(36)54(33-5-3-4-6-33)43(58)40(28)29(2)55)47-38-11-9-35(24-45-38)52-21-19-50(20-22-52)16-13-30-14-17-51(18-15-30)34-8-7-31-26-53(27-32(31)23-34)37-10-12-39(56)48-42(37)57/h7-9,11,23-25,30,33,37H,3-6,10,12-22,26-27H2,1-2H3,(H,48,56,57)(H,45,46,47,49). The first-order valence-corrected chi connectivity index (χ1v) is 21.3. The van der Waals surface area contributed by atoms with E-state index < -0.39 is 0 Å². The summed E-state index contributed by atoms with van der Waals surface area (Å²) < 4.78 is 1.73. The monoisotopic (exact) mass is 786 g/mol. The molecule has 2 N–H and O–H groups in total. The molecule has 4 fully saturated rings. The van der Waals surface area contributed by atoms with Crippen molar-refractivity contribution in [2.45, 2.75) is 96.8 Å². The highest BCUT2D eigenvalue weighted by Gasteiger charge is 2.35. The van der Waals surface area contributed by atoms with Crippen LogP contribution in [-0.4, -0.2) is 98.8 Å². The van der Waals surface area contributed by atoms with Crippen LogP contribution in [0.25, 0.3) is 11.0 Å². The Morgan fingerprint density at radius 3 is 2.31 bits per heavy atom. The van der Waals surface area contributed by atoms with E-state index in [4.69, 9.17) is 9.97 Å². The first kappa shape index (κ1) is 38.3. The molecule has 0 spiro atoms. The van der Waals surface area contributed by atoms with Gasteiger partial charge in [0, 0.05) is 82.1 Å². The number of hydrogen-bond donors (Lipinski definition) is 2. The fraction of sp³-hybridized carbons (Fsp3) is 0.523. The molecule has 7 heterocycles. The summed E-state index contributed by atoms with van der Waals surface area (Å²) in [7, 11) is 0. The smallest absolute Gasteiger partial charge is 0.263 e. The Morgan fingerprint density at radius 2 is 1.59 bits per heavy atom. The molecule has 14 heteroatoms. The van der Waals surface area contributed by atoms with Gasteiger partial charge in [0.1, 0.15) is 11.5 Å². The van der Waals surface area contributed by atoms with Crippen molar-refractivity contribution >= 4 is 51.8 Å². The average Bonchev–Trinajstić information content (AvgIpc) is 3.91. The van der Waals surface area contributed by atoms with Crippen LogP contribution in [0, 0.1) is 12.8 Å². The number of pyridine rings is 2. The molecule has 3 aromatic heterocycles. The third kappa shape index (κ3) is 7.71. The van der Waals surface area contributed by atoms with Gasteiger partial charge in [-0.3, -0.25) is 38.9 Å². The van der Waals surface area contributed by atoms with E-state index in [1.165, 1.54) is 43.0 Å². The molecule has 4 aromatic rings. The molecular weight excluding hydrogens is 733 g/mol. The number of imide groups is 1. The number of piperidine rings is 2. The lowest BCUT2D eigenvalue weighted by Gasteiger charge is -2.38. The summed E-state index contributed by atoms with van der Waals surface area (Å²) in [6.07, 6.45) is 12.2. The van der Waals surface area contributed by atoms with E-state index in [2.05, 4.69) is 59.5 Å². The highest BCUT2D eigenvalue weighted by molar-refractivity contribution is 6.00. The van der Waals surface area contributed by atoms with Gasteiger partial charge in [-0.05, 0) is 106 Å². The first-order chi connectivity index (χ1) is 28.2. The highest BCUT2D eigenvalue weighted by atomic mass is 16.2. The van der Waals surface area contributed by atoms with Crippen molar-refractivity contribution in [2.24, 2.45) is 5.92 Å². The van der Waals surface area contributed by atoms with Gasteiger partial charge in [0.05, 0.1) is 23.5 Å². The Labute approximate surface area is 339 Å². The van der Waals surface area contributed by atoms with Crippen LogP contribution >= 0.6 is 0 Å². The molecule has 58 heavy (non-hydrogen) atoms. The van der Waals surface area contributed by atoms with Crippen molar-refractivity contribution < 1.29 is 14.4 Å². The van der Waals surface area contributed by atoms with Crippen molar-refractivity contribution in [1.29, 1.82) is 0 Å². The molecule has 1 saturated carbocycles. The summed E-state index contributed by atoms with van der Waals surface area (Å²) >= 11 is 0. The number of anilines is 4. The van der Waals surface area contributed by atoms with E-state index >= 15 is 0 Å². The minimum absolute atomic E-state index is 0.0272. The fourth-order valence-corrected chi connectivity index (χ4v) is 10.00. The molecule has 5 aliphatic rings. The number of piperazine rings is 1. The molecule has 9 rings (SSSR count). The van der Waals surface area contributed by atoms with Gasteiger partial charge in [0.2, 0.25) is 17.8 Å². The molecule has 0 radical (unpaired) electrons. The molecule has 14 nitrogen and oxygen atoms in total. The molecule has 1 aliphatic carbocycles. The highest BCUT2D eigenvalue weighted by Crippen LogP contribution is 2.34. The Bertz CT molecular complexity index is 2270. The third-order valence-corrected chi connectivity index (χ3v) is 13.4. The maximum atomic E-state index is 13.6. The number of aromatic nitrogens is 4. The number of fused-ring (bicyclic) bond motifs is 2. The van der Waals surface area contributed by atoms with Crippen LogP contribution in [-0.2, 0) is 22.7 Å². The van der Waals surface area contributed by atoms with Gasteiger partial charge in [-0.1, -0.05) is 18.9 Å². The number of rotatable bonds is 10. The Kier molecular flexibility index (Phi) is 10.7. The van der Waals surface area contributed by atoms with Crippen molar-refractivity contribution in [1.82, 2.24) is 34.6 Å². The molecule has 4 aliphatic heterocycles. The molecule has 1 atom stereocenters. The predicted molar refractivity (Wildman–Crippen MR) is 224 cm³/mol. The van der Waals surface area contributed by atoms with Crippen molar-refractivity contribution in [3.63, 3.8) is 0 Å². The van der Waals surface area contributed by atoms with Crippen LogP contribution in [0.3, 0.4) is 0 Å². The number of nitrogens with one attached hydrogen (secondary N) is 2. The molecular formula is C44H54N10O4. The molecule has 2 amide bonds. The van der Waals surface area contributed by atoms with Crippen LogP contribution in [0.4, 0.5) is 23.1 Å². The third-order valence-electron chi connectivity index (χ3n) is 13.4. The van der Waals surface area contributed by atoms with Gasteiger partial charge >= 0.3 is 0 Å². The summed E-state index contributed by atoms with van der Waals surface area (Å²) in [4.78, 5) is 73.9. The molecule has 3 saturated heterocycles. The number of ketones is 1. The zero-order chi connectivity index (χ0) is 39.9. The minimum atomic E-state index is -0.256. The second-order valence-corrected chi connectivity index (χ2v) is 17.0. The van der Waals surface area contributed by atoms with E-state index in [0.717, 1.165) is 102 Å². The number of hydrogen-bond acceptors (Lipinski definition) is 12. The number of carbonyl (C=O) groups is 3. The molecule has 304 valence electrons. The quantitative estimate of drug-likeness (QED) is 0.163. The number of benzene rings is 1. The van der Waals surface area contributed by atoms with Crippen molar-refractivity contribution in [3.8, 4) is 0 Å². The molecule has 0 bridgehead atoms. The van der Waals surface area contributed by atoms with Crippen LogP contribution in [0.5, 0.6) is 0 Å². The Morgan fingerprint density at radius 1 is 0.845 bits per heavy atom. The fourth-order valence-electron chi connectivity index (χ4n) is 10.00. The molecule has 1 unspecified atom stereocenters. The second kappa shape index (κ2) is 16.2. The normalized spacial score (nSPS) is 21.2. The van der Waals surface area contributed by atoms with Crippen LogP contribution < -0.4 is 26.0 Å². The topological polar surface area (TPSA) is 149 Å². The van der Waals surface area contributed by atoms with Crippen LogP contribution in [0.2, 0.25) is 0 Å². The van der Waals surface area contributed by atoms with Gasteiger partial charge in [-0.2, -0.15) is 4.98 Å². The van der Waals surface area contributed by atoms with Crippen LogP contribution in [0.1, 0.15) is 97.8 Å². The number of aryl methyl sites for hydroxylation is 1. The van der Waals surface area contributed by atoms with E-state index in [-0.39, 0.29) is 40.8 Å². The number of Topliss-reactive ketones (excluding diaryl/α,β-unsaturated/α-hetero) is 1. The zero-order valence-electron chi connectivity index (χ0n) is 33.7. The van der Waals surface area contributed by atoms with E-state index in [0.29, 0.717) is 35.8 Å². The zero-order valence-corrected chi connectivity index (χ0v) is 33.7. The van der Waals surface area contributed by atoms with Crippen molar-refractivity contribution in [2.75, 3.05) is 60.9 Å². The van der Waals surface area contributed by atoms with Gasteiger partial charge in [-0.25, -0.2) is 9.97 Å². The molecule has 1 aromatic carbocycles. The predicted octanol–water partition coefficient (Wildman–Crippen LogP) is 5.11. The summed E-state index contributed by atoms with van der Waals surface area (Å²) in [6.45, 7) is 12.0. The van der Waals surface area contributed by atoms with E-state index in [9.17, 15) is 19.2 Å². The van der Waals surface area contributed by atoms with Gasteiger partial charge in [-0.15, -0.1) is 0 Å².